The van der Waals surface area contributed by atoms with E-state index in [1.165, 1.54) is 33.0 Å². The molecule has 2 amide bonds. The zero-order valence-corrected chi connectivity index (χ0v) is 24.9. The van der Waals surface area contributed by atoms with Gasteiger partial charge >= 0.3 is 6.09 Å². The molecule has 4 heterocycles. The summed E-state index contributed by atoms with van der Waals surface area (Å²) in [7, 11) is 0. The highest BCUT2D eigenvalue weighted by Crippen LogP contribution is 2.39. The second-order valence-corrected chi connectivity index (χ2v) is 13.1. The van der Waals surface area contributed by atoms with E-state index >= 15 is 0 Å². The van der Waals surface area contributed by atoms with E-state index < -0.39 is 5.60 Å². The highest BCUT2D eigenvalue weighted by atomic mass is 16.6. The van der Waals surface area contributed by atoms with Crippen molar-refractivity contribution in [3.63, 3.8) is 0 Å². The van der Waals surface area contributed by atoms with Gasteiger partial charge in [0.25, 0.3) is 0 Å². The number of amides is 2. The molecule has 7 nitrogen and oxygen atoms in total. The second-order valence-electron chi connectivity index (χ2n) is 13.1. The third-order valence-corrected chi connectivity index (χ3v) is 9.08. The molecule has 3 aromatic carbocycles. The first-order valence-corrected chi connectivity index (χ1v) is 15.3. The van der Waals surface area contributed by atoms with Crippen LogP contribution in [-0.4, -0.2) is 64.0 Å². The average Bonchev–Trinajstić information content (AvgIpc) is 3.75. The summed E-state index contributed by atoms with van der Waals surface area (Å²) in [5, 5.41) is 2.41. The van der Waals surface area contributed by atoms with Gasteiger partial charge in [-0.2, -0.15) is 0 Å². The Morgan fingerprint density at radius 1 is 0.810 bits per heavy atom. The lowest BCUT2D eigenvalue weighted by Gasteiger charge is -2.28. The zero-order chi connectivity index (χ0) is 29.2. The van der Waals surface area contributed by atoms with E-state index in [4.69, 9.17) is 14.7 Å². The van der Waals surface area contributed by atoms with Gasteiger partial charge in [0, 0.05) is 44.3 Å². The van der Waals surface area contributed by atoms with Crippen LogP contribution in [0.5, 0.6) is 0 Å². The van der Waals surface area contributed by atoms with Gasteiger partial charge < -0.3 is 9.64 Å². The highest BCUT2D eigenvalue weighted by Gasteiger charge is 2.37. The summed E-state index contributed by atoms with van der Waals surface area (Å²) in [6, 6.07) is 17.6. The maximum Gasteiger partial charge on any atom is 0.410 e. The molecule has 0 spiro atoms. The molecule has 3 aromatic rings. The summed E-state index contributed by atoms with van der Waals surface area (Å²) >= 11 is 0. The Bertz CT molecular complexity index is 1680. The SMILES string of the molecule is CC(=O)N1CCC[C@H]1C1=Nc2ccc(-c3ccc4c5c(ccc4c3)N=C([C@@H]3CCCN3C(=O)OC(C)(C)C)C5)cc2C1. The fraction of sp³-hybridized carbons (Fsp3) is 0.429. The molecule has 0 radical (unpaired) electrons. The smallest absolute Gasteiger partial charge is 0.410 e. The monoisotopic (exact) mass is 562 g/mol. The van der Waals surface area contributed by atoms with E-state index in [2.05, 4.69) is 48.5 Å². The molecule has 2 atom stereocenters. The van der Waals surface area contributed by atoms with Gasteiger partial charge in [0.05, 0.1) is 23.5 Å². The second kappa shape index (κ2) is 10.1. The van der Waals surface area contributed by atoms with E-state index in [0.29, 0.717) is 6.54 Å². The number of aliphatic imine (C=N–C) groups is 2. The maximum absolute atomic E-state index is 12.9. The highest BCUT2D eigenvalue weighted by molar-refractivity contribution is 6.05. The average molecular weight is 563 g/mol. The number of hydrogen-bond donors (Lipinski definition) is 0. The summed E-state index contributed by atoms with van der Waals surface area (Å²) in [6.07, 6.45) is 5.25. The van der Waals surface area contributed by atoms with E-state index in [0.717, 1.165) is 67.9 Å². The number of rotatable bonds is 3. The number of hydrogen-bond acceptors (Lipinski definition) is 5. The number of ether oxygens (including phenoxy) is 1. The molecule has 0 unspecified atom stereocenters. The van der Waals surface area contributed by atoms with Gasteiger partial charge in [-0.15, -0.1) is 0 Å². The van der Waals surface area contributed by atoms with Gasteiger partial charge in [-0.3, -0.25) is 19.7 Å². The van der Waals surface area contributed by atoms with Crippen LogP contribution in [0.2, 0.25) is 0 Å². The molecule has 2 saturated heterocycles. The number of likely N-dealkylation sites (tertiary alicyclic amines) is 2. The largest absolute Gasteiger partial charge is 0.444 e. The maximum atomic E-state index is 12.9. The van der Waals surface area contributed by atoms with Crippen LogP contribution in [0, 0.1) is 0 Å². The molecule has 2 fully saturated rings. The van der Waals surface area contributed by atoms with Crippen LogP contribution >= 0.6 is 0 Å². The first-order valence-electron chi connectivity index (χ1n) is 15.3. The van der Waals surface area contributed by atoms with E-state index in [1.54, 1.807) is 6.92 Å². The van der Waals surface area contributed by atoms with Crippen molar-refractivity contribution in [3.8, 4) is 11.1 Å². The van der Waals surface area contributed by atoms with Crippen molar-refractivity contribution in [2.45, 2.75) is 83.9 Å². The molecule has 4 aliphatic rings. The lowest BCUT2D eigenvalue weighted by atomic mass is 9.94. The normalized spacial score (nSPS) is 21.4. The molecule has 0 aliphatic carbocycles. The molecular weight excluding hydrogens is 524 g/mol. The molecule has 0 N–H and O–H groups in total. The predicted molar refractivity (Wildman–Crippen MR) is 167 cm³/mol. The number of nitrogens with zero attached hydrogens (tertiary/aromatic N) is 4. The van der Waals surface area contributed by atoms with Crippen LogP contribution in [0.15, 0.2) is 58.5 Å². The molecule has 216 valence electrons. The molecule has 4 aliphatic heterocycles. The topological polar surface area (TPSA) is 74.6 Å². The van der Waals surface area contributed by atoms with Crippen LogP contribution in [0.4, 0.5) is 16.2 Å². The molecule has 0 aromatic heterocycles. The Morgan fingerprint density at radius 3 is 2.21 bits per heavy atom. The van der Waals surface area contributed by atoms with Crippen molar-refractivity contribution >= 4 is 45.6 Å². The van der Waals surface area contributed by atoms with E-state index in [1.807, 2.05) is 30.6 Å². The van der Waals surface area contributed by atoms with Crippen molar-refractivity contribution in [2.24, 2.45) is 9.98 Å². The molecule has 7 rings (SSSR count). The third kappa shape index (κ3) is 4.79. The minimum absolute atomic E-state index is 0.00754. The van der Waals surface area contributed by atoms with E-state index in [9.17, 15) is 9.59 Å². The Balaban J connectivity index is 1.10. The zero-order valence-electron chi connectivity index (χ0n) is 24.9. The Hall–Kier alpha value is -4.00. The molecular formula is C35H38N4O3. The third-order valence-electron chi connectivity index (χ3n) is 9.08. The summed E-state index contributed by atoms with van der Waals surface area (Å²) < 4.78 is 5.70. The minimum atomic E-state index is -0.515. The van der Waals surface area contributed by atoms with Gasteiger partial charge in [-0.05, 0) is 104 Å². The number of fused-ring (bicyclic) bond motifs is 4. The quantitative estimate of drug-likeness (QED) is 0.340. The van der Waals surface area contributed by atoms with Crippen LogP contribution in [-0.2, 0) is 22.4 Å². The Labute approximate surface area is 247 Å². The fourth-order valence-electron chi connectivity index (χ4n) is 7.16. The minimum Gasteiger partial charge on any atom is -0.444 e. The fourth-order valence-corrected chi connectivity index (χ4v) is 7.16. The summed E-state index contributed by atoms with van der Waals surface area (Å²) in [5.41, 5.74) is 8.53. The Kier molecular flexibility index (Phi) is 6.44. The standard InChI is InChI=1S/C35H38N4O3/c1-21(40)38-15-5-7-32(38)30-19-25-18-23(10-13-28(25)36-30)22-9-12-26-24(17-22)11-14-29-27(26)20-31(37-29)33-8-6-16-39(33)34(41)42-35(2,3)4/h9-14,17-18,32-33H,5-8,15-16,19-20H2,1-4H3/t32-,33-/m0/s1. The Morgan fingerprint density at radius 2 is 1.45 bits per heavy atom. The molecule has 7 heteroatoms. The first-order chi connectivity index (χ1) is 20.1. The van der Waals surface area contributed by atoms with Gasteiger partial charge in [-0.25, -0.2) is 4.79 Å². The summed E-state index contributed by atoms with van der Waals surface area (Å²) in [5.74, 6) is 0.139. The van der Waals surface area contributed by atoms with Crippen molar-refractivity contribution in [3.05, 3.63) is 59.7 Å². The molecule has 0 saturated carbocycles. The van der Waals surface area contributed by atoms with Crippen molar-refractivity contribution in [1.82, 2.24) is 9.80 Å². The van der Waals surface area contributed by atoms with Crippen molar-refractivity contribution < 1.29 is 14.3 Å². The van der Waals surface area contributed by atoms with Gasteiger partial charge in [0.15, 0.2) is 0 Å². The predicted octanol–water partition coefficient (Wildman–Crippen LogP) is 7.17. The summed E-state index contributed by atoms with van der Waals surface area (Å²) in [4.78, 5) is 38.8. The molecule has 0 bridgehead atoms. The summed E-state index contributed by atoms with van der Waals surface area (Å²) in [6.45, 7) is 8.93. The number of carbonyl (C=O) groups is 2. The lowest BCUT2D eigenvalue weighted by Crippen LogP contribution is -2.43. The van der Waals surface area contributed by atoms with Crippen molar-refractivity contribution in [2.75, 3.05) is 13.1 Å². The first kappa shape index (κ1) is 26.9. The van der Waals surface area contributed by atoms with Gasteiger partial charge in [0.1, 0.15) is 5.60 Å². The van der Waals surface area contributed by atoms with Crippen LogP contribution in [0.25, 0.3) is 21.9 Å². The lowest BCUT2D eigenvalue weighted by molar-refractivity contribution is -0.128. The number of benzene rings is 3. The van der Waals surface area contributed by atoms with Gasteiger partial charge in [0.2, 0.25) is 5.91 Å². The van der Waals surface area contributed by atoms with Crippen LogP contribution in [0.3, 0.4) is 0 Å². The van der Waals surface area contributed by atoms with Crippen LogP contribution < -0.4 is 0 Å². The molecule has 42 heavy (non-hydrogen) atoms. The van der Waals surface area contributed by atoms with Gasteiger partial charge in [-0.1, -0.05) is 24.3 Å². The van der Waals surface area contributed by atoms with Crippen molar-refractivity contribution in [1.29, 1.82) is 0 Å². The number of carbonyl (C=O) groups excluding carboxylic acids is 2. The van der Waals surface area contributed by atoms with Crippen LogP contribution in [0.1, 0.15) is 64.5 Å². The van der Waals surface area contributed by atoms with E-state index in [-0.39, 0.29) is 24.1 Å².